The highest BCUT2D eigenvalue weighted by Gasteiger charge is 2.65. The molecule has 0 saturated heterocycles. The number of hydrogen-bond donors (Lipinski definition) is 0. The molecule has 18 heteroatoms. The number of fused-ring (bicyclic) bond motifs is 9. The van der Waals surface area contributed by atoms with E-state index in [0.29, 0.717) is 54.9 Å². The fourth-order valence-electron chi connectivity index (χ4n) is 15.3. The van der Waals surface area contributed by atoms with E-state index in [1.807, 2.05) is 0 Å². The minimum absolute atomic E-state index is 0.00151. The number of esters is 6. The fourth-order valence-corrected chi connectivity index (χ4v) is 15.3. The van der Waals surface area contributed by atoms with Crippen LogP contribution in [0.25, 0.3) is 66.4 Å². The van der Waals surface area contributed by atoms with E-state index in [2.05, 4.69) is 0 Å². The molecule has 3 aliphatic rings. The maximum Gasteiger partial charge on any atom is 0.334 e. The van der Waals surface area contributed by atoms with Gasteiger partial charge in [-0.1, -0.05) is 231 Å². The van der Waals surface area contributed by atoms with Gasteiger partial charge in [0.05, 0.1) is 11.4 Å². The average molecular weight is 1460 g/mol. The number of ether oxygens (including phenoxy) is 6. The van der Waals surface area contributed by atoms with Crippen molar-refractivity contribution in [1.82, 2.24) is 0 Å². The van der Waals surface area contributed by atoms with Gasteiger partial charge in [-0.25, -0.2) is 9.98 Å². The van der Waals surface area contributed by atoms with Gasteiger partial charge in [0, 0.05) is 21.5 Å². The lowest BCUT2D eigenvalue weighted by Crippen LogP contribution is -2.48. The van der Waals surface area contributed by atoms with Crippen molar-refractivity contribution in [3.05, 3.63) is 409 Å². The first-order valence-corrected chi connectivity index (χ1v) is 35.7. The summed E-state index contributed by atoms with van der Waals surface area (Å²) in [6.45, 7) is -2.65. The summed E-state index contributed by atoms with van der Waals surface area (Å²) in [5, 5.41) is 1.19. The van der Waals surface area contributed by atoms with Gasteiger partial charge < -0.3 is 28.4 Å². The second-order valence-corrected chi connectivity index (χ2v) is 27.4. The summed E-state index contributed by atoms with van der Waals surface area (Å²) >= 11 is 0. The molecule has 111 heavy (non-hydrogen) atoms. The van der Waals surface area contributed by atoms with Gasteiger partial charge in [-0.05, 0) is 160 Å². The third-order valence-corrected chi connectivity index (χ3v) is 20.8. The topological polar surface area (TPSA) is 251 Å². The number of nitrogens with zero attached hydrogens (tertiary/aromatic N) is 2. The summed E-state index contributed by atoms with van der Waals surface area (Å²) in [4.78, 5) is 168. The largest absolute Gasteiger partial charge is 0.459 e. The molecule has 0 bridgehead atoms. The fraction of sp³-hybridized carbons (Fsp3) is 0.0968. The monoisotopic (exact) mass is 1460 g/mol. The summed E-state index contributed by atoms with van der Waals surface area (Å²) in [6, 6.07) is 77.4. The van der Waals surface area contributed by atoms with Gasteiger partial charge in [-0.2, -0.15) is 0 Å². The van der Waals surface area contributed by atoms with Gasteiger partial charge >= 0.3 is 35.8 Å². The van der Waals surface area contributed by atoms with Crippen molar-refractivity contribution in [3.8, 4) is 11.1 Å². The highest BCUT2D eigenvalue weighted by Crippen LogP contribution is 2.58. The molecule has 3 aliphatic carbocycles. The van der Waals surface area contributed by atoms with Gasteiger partial charge in [0.25, 0.3) is 0 Å². The van der Waals surface area contributed by atoms with Crippen molar-refractivity contribution >= 4 is 91.1 Å². The van der Waals surface area contributed by atoms with Crippen molar-refractivity contribution in [2.24, 2.45) is 9.98 Å². The van der Waals surface area contributed by atoms with Crippen LogP contribution >= 0.6 is 0 Å². The van der Waals surface area contributed by atoms with Crippen LogP contribution in [0.15, 0.2) is 320 Å². The first-order chi connectivity index (χ1) is 54.1. The molecule has 0 aromatic heterocycles. The Balaban J connectivity index is 0.962. The molecule has 0 N–H and O–H groups in total. The van der Waals surface area contributed by atoms with Crippen molar-refractivity contribution in [2.75, 3.05) is 0 Å². The third-order valence-electron chi connectivity index (χ3n) is 20.8. The Morgan fingerprint density at radius 3 is 0.703 bits per heavy atom. The third kappa shape index (κ3) is 11.8. The van der Waals surface area contributed by atoms with E-state index < -0.39 is 136 Å². The molecule has 0 unspecified atom stereocenters. The van der Waals surface area contributed by atoms with Crippen molar-refractivity contribution in [2.45, 2.75) is 55.9 Å². The molecule has 0 saturated carbocycles. The van der Waals surface area contributed by atoms with Crippen molar-refractivity contribution in [3.63, 3.8) is 0 Å². The molecule has 14 aromatic carbocycles. The Morgan fingerprint density at radius 2 is 0.468 bits per heavy atom. The van der Waals surface area contributed by atoms with Gasteiger partial charge in [0.2, 0.25) is 38.0 Å². The molecule has 14 aromatic rings. The highest BCUT2D eigenvalue weighted by molar-refractivity contribution is 6.20. The molecule has 0 heterocycles. The second-order valence-electron chi connectivity index (χ2n) is 27.4. The quantitative estimate of drug-likeness (QED) is 0.0391. The van der Waals surface area contributed by atoms with Gasteiger partial charge in [0.1, 0.15) is 39.6 Å². The number of carbonyl (C=O) groups is 6. The molecule has 0 radical (unpaired) electrons. The molecular formula is C93H60N2O16. The van der Waals surface area contributed by atoms with Crippen LogP contribution in [0.5, 0.6) is 0 Å². The first kappa shape index (κ1) is 69.5. The zero-order valence-corrected chi connectivity index (χ0v) is 58.9. The Bertz CT molecular complexity index is 5970. The Morgan fingerprint density at radius 1 is 0.252 bits per heavy atom. The van der Waals surface area contributed by atoms with E-state index in [4.69, 9.17) is 38.4 Å². The van der Waals surface area contributed by atoms with E-state index in [0.717, 1.165) is 0 Å². The van der Waals surface area contributed by atoms with Gasteiger partial charge in [-0.15, -0.1) is 0 Å². The lowest BCUT2D eigenvalue weighted by atomic mass is 9.74. The Hall–Kier alpha value is -14.5. The number of benzene rings is 12. The normalized spacial score (nSPS) is 13.8. The van der Waals surface area contributed by atoms with Crippen molar-refractivity contribution in [1.29, 1.82) is 0 Å². The van der Waals surface area contributed by atoms with E-state index in [-0.39, 0.29) is 66.1 Å². The molecule has 17 rings (SSSR count). The number of rotatable bonds is 20. The van der Waals surface area contributed by atoms with Crippen LogP contribution in [0.3, 0.4) is 0 Å². The maximum absolute atomic E-state index is 16.6. The molecule has 0 fully saturated rings. The van der Waals surface area contributed by atoms with Crippen LogP contribution in [0.2, 0.25) is 0 Å². The van der Waals surface area contributed by atoms with Crippen LogP contribution in [0, 0.1) is 0 Å². The van der Waals surface area contributed by atoms with Gasteiger partial charge in [-0.3, -0.25) is 47.9 Å². The van der Waals surface area contributed by atoms with E-state index in [9.17, 15) is 0 Å². The van der Waals surface area contributed by atoms with Crippen LogP contribution in [0.4, 0.5) is 0 Å². The number of carbonyl (C=O) groups excluding carboxylic acids is 6. The predicted octanol–water partition coefficient (Wildman–Crippen LogP) is 12.6. The summed E-state index contributed by atoms with van der Waals surface area (Å²) < 4.78 is 38.0. The molecule has 18 nitrogen and oxygen atoms in total. The molecule has 0 atom stereocenters. The highest BCUT2D eigenvalue weighted by atomic mass is 16.6. The smallest absolute Gasteiger partial charge is 0.334 e. The molecule has 538 valence electrons. The van der Waals surface area contributed by atoms with E-state index in [1.165, 1.54) is 36.4 Å². The predicted molar refractivity (Wildman–Crippen MR) is 413 cm³/mol. The lowest BCUT2D eigenvalue weighted by Gasteiger charge is -2.30. The minimum Gasteiger partial charge on any atom is -0.459 e. The zero-order valence-electron chi connectivity index (χ0n) is 58.9. The summed E-state index contributed by atoms with van der Waals surface area (Å²) in [6.07, 6.45) is 2.57. The van der Waals surface area contributed by atoms with Gasteiger partial charge in [0.15, 0.2) is 10.7 Å². The number of hydrogen-bond acceptors (Lipinski definition) is 18. The summed E-state index contributed by atoms with van der Waals surface area (Å²) in [7, 11) is 0. The van der Waals surface area contributed by atoms with Crippen LogP contribution < -0.4 is 32.4 Å². The standard InChI is InChI=1S/C93H60N2O16/c96-81-69-39-61-35-19-20-36-62(61)40-70(69)82(97)79(81)94-77-45-65-43-75-67(47-73(65)92(77,87(102)108-51-57-27-11-3-12-28-57)88(103)109-52-58-29-13-4-14-30-58)68-48-74-66(44-76(68)91(75,85(100)106-49-55-23-7-1-8-24-55)86(101)107-50-56-25-9-2-10-26-56)46-78(95-80-83(98)71-41-63-37-21-22-38-64(63)42-72(71)84(80)99)93(74,89(104)110-53-59-31-15-5-16-32-59)90(105)111-54-60-33-17-6-18-34-60/h1-48H,49-54H2. The summed E-state index contributed by atoms with van der Waals surface area (Å²) in [5.41, 5.74) is -11.5. The maximum atomic E-state index is 16.6. The average Bonchev–Trinajstić information content (AvgIpc) is 1.51. The molecule has 0 amide bonds. The van der Waals surface area contributed by atoms with E-state index in [1.54, 1.807) is 255 Å². The SMILES string of the molecule is O=C(OCc1ccccc1)C1(C(=O)OCc2ccccc2)C(N=c2c(=O)c3cc4ccccc4cc3c2=O)=Cc2cc3c(cc21)-c1cc2c(cc1C3(C(=O)OCc1ccccc1)C(=O)OCc1ccccc1)C=C(N=c1c(=O)c3cc4ccccc4cc3c1=O)C2(C(=O)OCc1ccccc1)C(=O)OCc1ccccc1. The molecule has 0 aliphatic heterocycles. The van der Waals surface area contributed by atoms with Crippen LogP contribution in [-0.4, -0.2) is 35.8 Å². The Kier molecular flexibility index (Phi) is 17.7. The summed E-state index contributed by atoms with van der Waals surface area (Å²) in [5.74, 6) is -7.65. The van der Waals surface area contributed by atoms with Crippen LogP contribution in [0.1, 0.15) is 66.8 Å². The molecule has 0 spiro atoms. The molecular weight excluding hydrogens is 1400 g/mol. The second kappa shape index (κ2) is 28.3. The first-order valence-electron chi connectivity index (χ1n) is 35.7. The minimum atomic E-state index is -2.92. The van der Waals surface area contributed by atoms with Crippen molar-refractivity contribution < 1.29 is 57.2 Å². The van der Waals surface area contributed by atoms with E-state index >= 15 is 47.9 Å². The Labute approximate surface area is 630 Å². The zero-order chi connectivity index (χ0) is 76.1. The van der Waals surface area contributed by atoms with Crippen LogP contribution in [-0.2, 0) is 113 Å². The lowest BCUT2D eigenvalue weighted by molar-refractivity contribution is -0.166.